The van der Waals surface area contributed by atoms with Crippen molar-refractivity contribution in [1.29, 1.82) is 0 Å². The van der Waals surface area contributed by atoms with Gasteiger partial charge in [-0.25, -0.2) is 9.97 Å². The molecular weight excluding hydrogens is 308 g/mol. The van der Waals surface area contributed by atoms with Crippen LogP contribution in [-0.4, -0.2) is 64.9 Å². The van der Waals surface area contributed by atoms with E-state index in [9.17, 15) is 4.79 Å². The number of anilines is 1. The standard InChI is InChI=1S/C16H24N6O2/c1-12-14(9-17-16(19-12)20(2)3)15(23)22(6-7-24-5)11-13-8-18-21(4)10-13/h8-10H,6-7,11H2,1-5H3. The van der Waals surface area contributed by atoms with E-state index in [2.05, 4.69) is 15.1 Å². The lowest BCUT2D eigenvalue weighted by Gasteiger charge is -2.22. The molecular formula is C16H24N6O2. The van der Waals surface area contributed by atoms with Crippen LogP contribution in [0.4, 0.5) is 5.95 Å². The Bertz CT molecular complexity index is 698. The van der Waals surface area contributed by atoms with Crippen molar-refractivity contribution in [3.8, 4) is 0 Å². The number of aryl methyl sites for hydroxylation is 2. The Labute approximate surface area is 142 Å². The van der Waals surface area contributed by atoms with Crippen LogP contribution in [-0.2, 0) is 18.3 Å². The largest absolute Gasteiger partial charge is 0.383 e. The number of methoxy groups -OCH3 is 1. The third-order valence-electron chi connectivity index (χ3n) is 3.58. The van der Waals surface area contributed by atoms with Crippen LogP contribution in [0.25, 0.3) is 0 Å². The summed E-state index contributed by atoms with van der Waals surface area (Å²) in [5, 5.41) is 4.15. The molecule has 0 bridgehead atoms. The highest BCUT2D eigenvalue weighted by molar-refractivity contribution is 5.95. The number of aromatic nitrogens is 4. The summed E-state index contributed by atoms with van der Waals surface area (Å²) in [7, 11) is 7.20. The maximum Gasteiger partial charge on any atom is 0.257 e. The molecule has 2 heterocycles. The number of hydrogen-bond acceptors (Lipinski definition) is 6. The Balaban J connectivity index is 2.23. The molecule has 0 radical (unpaired) electrons. The molecule has 0 spiro atoms. The zero-order chi connectivity index (χ0) is 17.7. The van der Waals surface area contributed by atoms with Crippen molar-refractivity contribution in [2.45, 2.75) is 13.5 Å². The number of hydrogen-bond donors (Lipinski definition) is 0. The lowest BCUT2D eigenvalue weighted by molar-refractivity contribution is 0.0678. The van der Waals surface area contributed by atoms with Gasteiger partial charge in [0.1, 0.15) is 0 Å². The molecule has 0 unspecified atom stereocenters. The van der Waals surface area contributed by atoms with E-state index < -0.39 is 0 Å². The first-order valence-electron chi connectivity index (χ1n) is 7.69. The number of carbonyl (C=O) groups is 1. The van der Waals surface area contributed by atoms with Gasteiger partial charge in [0, 0.05) is 59.3 Å². The lowest BCUT2D eigenvalue weighted by Crippen LogP contribution is -2.34. The molecule has 1 amide bonds. The number of carbonyl (C=O) groups excluding carboxylic acids is 1. The van der Waals surface area contributed by atoms with Crippen LogP contribution in [0.3, 0.4) is 0 Å². The second-order valence-electron chi connectivity index (χ2n) is 5.81. The Hall–Kier alpha value is -2.48. The van der Waals surface area contributed by atoms with Gasteiger partial charge >= 0.3 is 0 Å². The normalized spacial score (nSPS) is 10.7. The predicted molar refractivity (Wildman–Crippen MR) is 90.9 cm³/mol. The lowest BCUT2D eigenvalue weighted by atomic mass is 10.2. The van der Waals surface area contributed by atoms with Gasteiger partial charge in [0.15, 0.2) is 0 Å². The van der Waals surface area contributed by atoms with Gasteiger partial charge in [-0.2, -0.15) is 5.10 Å². The van der Waals surface area contributed by atoms with Gasteiger partial charge in [-0.1, -0.05) is 0 Å². The predicted octanol–water partition coefficient (Wildman–Crippen LogP) is 0.873. The fraction of sp³-hybridized carbons (Fsp3) is 0.500. The Morgan fingerprint density at radius 3 is 2.62 bits per heavy atom. The fourth-order valence-electron chi connectivity index (χ4n) is 2.28. The number of nitrogens with zero attached hydrogens (tertiary/aromatic N) is 6. The molecule has 2 aromatic rings. The van der Waals surface area contributed by atoms with E-state index in [0.29, 0.717) is 36.9 Å². The maximum atomic E-state index is 12.9. The SMILES string of the molecule is COCCN(Cc1cnn(C)c1)C(=O)c1cnc(N(C)C)nc1C. The van der Waals surface area contributed by atoms with Crippen molar-refractivity contribution < 1.29 is 9.53 Å². The van der Waals surface area contributed by atoms with Gasteiger partial charge in [0.25, 0.3) is 5.91 Å². The topological polar surface area (TPSA) is 76.4 Å². The minimum Gasteiger partial charge on any atom is -0.383 e. The molecule has 0 aliphatic heterocycles. The summed E-state index contributed by atoms with van der Waals surface area (Å²) in [5.41, 5.74) is 2.12. The second kappa shape index (κ2) is 7.87. The minimum absolute atomic E-state index is 0.112. The van der Waals surface area contributed by atoms with Crippen LogP contribution in [0, 0.1) is 6.92 Å². The van der Waals surface area contributed by atoms with E-state index in [0.717, 1.165) is 5.56 Å². The van der Waals surface area contributed by atoms with Crippen molar-refractivity contribution in [3.63, 3.8) is 0 Å². The van der Waals surface area contributed by atoms with Gasteiger partial charge in [-0.05, 0) is 6.92 Å². The highest BCUT2D eigenvalue weighted by atomic mass is 16.5. The third kappa shape index (κ3) is 4.29. The molecule has 0 saturated heterocycles. The monoisotopic (exact) mass is 332 g/mol. The Kier molecular flexibility index (Phi) is 5.86. The van der Waals surface area contributed by atoms with Gasteiger partial charge < -0.3 is 14.5 Å². The summed E-state index contributed by atoms with van der Waals surface area (Å²) in [4.78, 5) is 25.1. The first-order chi connectivity index (χ1) is 11.4. The molecule has 0 fully saturated rings. The molecule has 2 aromatic heterocycles. The summed E-state index contributed by atoms with van der Waals surface area (Å²) < 4.78 is 6.85. The molecule has 0 aliphatic rings. The van der Waals surface area contributed by atoms with E-state index in [-0.39, 0.29) is 5.91 Å². The maximum absolute atomic E-state index is 12.9. The van der Waals surface area contributed by atoms with E-state index >= 15 is 0 Å². The summed E-state index contributed by atoms with van der Waals surface area (Å²) in [6.07, 6.45) is 5.24. The second-order valence-corrected chi connectivity index (χ2v) is 5.81. The van der Waals surface area contributed by atoms with Gasteiger partial charge in [0.05, 0.1) is 24.1 Å². The summed E-state index contributed by atoms with van der Waals surface area (Å²) in [5.74, 6) is 0.471. The average Bonchev–Trinajstić information content (AvgIpc) is 2.95. The van der Waals surface area contributed by atoms with Gasteiger partial charge in [-0.3, -0.25) is 9.48 Å². The quantitative estimate of drug-likeness (QED) is 0.749. The van der Waals surface area contributed by atoms with Crippen molar-refractivity contribution >= 4 is 11.9 Å². The minimum atomic E-state index is -0.112. The highest BCUT2D eigenvalue weighted by Gasteiger charge is 2.20. The van der Waals surface area contributed by atoms with Gasteiger partial charge in [-0.15, -0.1) is 0 Å². The molecule has 0 aromatic carbocycles. The third-order valence-corrected chi connectivity index (χ3v) is 3.58. The molecule has 24 heavy (non-hydrogen) atoms. The number of ether oxygens (including phenoxy) is 1. The fourth-order valence-corrected chi connectivity index (χ4v) is 2.28. The molecule has 2 rings (SSSR count). The zero-order valence-electron chi connectivity index (χ0n) is 14.9. The van der Waals surface area contributed by atoms with E-state index in [1.165, 1.54) is 0 Å². The molecule has 130 valence electrons. The molecule has 0 saturated carbocycles. The zero-order valence-corrected chi connectivity index (χ0v) is 14.9. The number of amides is 1. The van der Waals surface area contributed by atoms with E-state index in [1.807, 2.05) is 34.3 Å². The van der Waals surface area contributed by atoms with Crippen LogP contribution in [0.15, 0.2) is 18.6 Å². The van der Waals surface area contributed by atoms with Crippen molar-refractivity contribution in [1.82, 2.24) is 24.6 Å². The smallest absolute Gasteiger partial charge is 0.257 e. The van der Waals surface area contributed by atoms with Gasteiger partial charge in [0.2, 0.25) is 5.95 Å². The Morgan fingerprint density at radius 1 is 1.33 bits per heavy atom. The molecule has 0 atom stereocenters. The first-order valence-corrected chi connectivity index (χ1v) is 7.69. The molecule has 0 N–H and O–H groups in total. The number of rotatable bonds is 7. The van der Waals surface area contributed by atoms with Crippen molar-refractivity contribution in [2.24, 2.45) is 7.05 Å². The van der Waals surface area contributed by atoms with Crippen LogP contribution >= 0.6 is 0 Å². The average molecular weight is 332 g/mol. The van der Waals surface area contributed by atoms with Crippen molar-refractivity contribution in [2.75, 3.05) is 39.3 Å². The van der Waals surface area contributed by atoms with Crippen LogP contribution in [0.2, 0.25) is 0 Å². The summed E-state index contributed by atoms with van der Waals surface area (Å²) >= 11 is 0. The highest BCUT2D eigenvalue weighted by Crippen LogP contribution is 2.14. The van der Waals surface area contributed by atoms with E-state index in [1.54, 1.807) is 34.0 Å². The van der Waals surface area contributed by atoms with Crippen LogP contribution < -0.4 is 4.90 Å². The van der Waals surface area contributed by atoms with Crippen LogP contribution in [0.1, 0.15) is 21.6 Å². The van der Waals surface area contributed by atoms with E-state index in [4.69, 9.17) is 4.74 Å². The molecule has 0 aliphatic carbocycles. The summed E-state index contributed by atoms with van der Waals surface area (Å²) in [6, 6.07) is 0. The molecule has 8 nitrogen and oxygen atoms in total. The molecule has 8 heteroatoms. The summed E-state index contributed by atoms with van der Waals surface area (Å²) in [6.45, 7) is 3.23. The Morgan fingerprint density at radius 2 is 2.08 bits per heavy atom. The van der Waals surface area contributed by atoms with Crippen LogP contribution in [0.5, 0.6) is 0 Å². The first kappa shape index (κ1) is 17.9. The van der Waals surface area contributed by atoms with Crippen molar-refractivity contribution in [3.05, 3.63) is 35.4 Å².